The first-order valence-corrected chi connectivity index (χ1v) is 11.2. The van der Waals surface area contributed by atoms with Crippen molar-refractivity contribution >= 4 is 44.9 Å². The van der Waals surface area contributed by atoms with Crippen LogP contribution in [0.15, 0.2) is 39.6 Å². The number of benzene rings is 1. The molecule has 1 aromatic carbocycles. The molecule has 148 valence electrons. The summed E-state index contributed by atoms with van der Waals surface area (Å²) in [5.74, 6) is 0.584. The molecule has 5 nitrogen and oxygen atoms in total. The van der Waals surface area contributed by atoms with Gasteiger partial charge in [-0.05, 0) is 49.3 Å². The number of anilines is 1. The molecule has 1 N–H and O–H groups in total. The minimum Gasteiger partial charge on any atom is -0.325 e. The molecule has 0 saturated heterocycles. The van der Waals surface area contributed by atoms with Crippen molar-refractivity contribution in [3.63, 3.8) is 0 Å². The van der Waals surface area contributed by atoms with Crippen molar-refractivity contribution in [2.45, 2.75) is 45.8 Å². The average molecular weight is 416 g/mol. The summed E-state index contributed by atoms with van der Waals surface area (Å²) in [7, 11) is 0. The highest BCUT2D eigenvalue weighted by Crippen LogP contribution is 2.22. The largest absolute Gasteiger partial charge is 0.325 e. The third kappa shape index (κ3) is 4.83. The van der Waals surface area contributed by atoms with Crippen molar-refractivity contribution in [1.29, 1.82) is 0 Å². The minimum atomic E-state index is -0.105. The van der Waals surface area contributed by atoms with Crippen molar-refractivity contribution in [2.75, 3.05) is 11.1 Å². The van der Waals surface area contributed by atoms with Crippen LogP contribution in [0.25, 0.3) is 10.2 Å². The second-order valence-corrected chi connectivity index (χ2v) is 9.18. The second-order valence-electron chi connectivity index (χ2n) is 7.32. The van der Waals surface area contributed by atoms with Crippen LogP contribution >= 0.6 is 23.1 Å². The first-order chi connectivity index (χ1) is 13.3. The number of aryl methyl sites for hydroxylation is 2. The Morgan fingerprint density at radius 1 is 1.29 bits per heavy atom. The van der Waals surface area contributed by atoms with Crippen LogP contribution in [-0.4, -0.2) is 21.2 Å². The fourth-order valence-electron chi connectivity index (χ4n) is 2.89. The summed E-state index contributed by atoms with van der Waals surface area (Å²) in [6.07, 6.45) is 0.890. The Hall–Kier alpha value is -2.12. The number of thiophene rings is 1. The molecule has 0 aliphatic carbocycles. The molecule has 3 rings (SSSR count). The Morgan fingerprint density at radius 2 is 2.07 bits per heavy atom. The van der Waals surface area contributed by atoms with E-state index in [-0.39, 0.29) is 17.2 Å². The number of hydrogen-bond acceptors (Lipinski definition) is 5. The zero-order chi connectivity index (χ0) is 20.3. The van der Waals surface area contributed by atoms with Gasteiger partial charge in [0.2, 0.25) is 5.91 Å². The number of aromatic nitrogens is 2. The molecule has 2 aromatic heterocycles. The van der Waals surface area contributed by atoms with Gasteiger partial charge in [-0.2, -0.15) is 0 Å². The van der Waals surface area contributed by atoms with E-state index in [4.69, 9.17) is 0 Å². The van der Waals surface area contributed by atoms with E-state index in [1.54, 1.807) is 4.57 Å². The zero-order valence-electron chi connectivity index (χ0n) is 16.6. The molecule has 2 heterocycles. The van der Waals surface area contributed by atoms with E-state index in [9.17, 15) is 9.59 Å². The van der Waals surface area contributed by atoms with Gasteiger partial charge in [0.1, 0.15) is 4.70 Å². The van der Waals surface area contributed by atoms with E-state index in [1.807, 2.05) is 43.5 Å². The van der Waals surface area contributed by atoms with Crippen LogP contribution in [-0.2, 0) is 11.3 Å². The van der Waals surface area contributed by atoms with Gasteiger partial charge in [-0.1, -0.05) is 43.3 Å². The molecule has 1 amide bonds. The number of thioether (sulfide) groups is 1. The lowest BCUT2D eigenvalue weighted by Gasteiger charge is -2.13. The lowest BCUT2D eigenvalue weighted by molar-refractivity contribution is -0.113. The minimum absolute atomic E-state index is 0.0158. The summed E-state index contributed by atoms with van der Waals surface area (Å²) in [5, 5.41) is 5.44. The summed E-state index contributed by atoms with van der Waals surface area (Å²) < 4.78 is 2.39. The normalized spacial score (nSPS) is 11.3. The van der Waals surface area contributed by atoms with Gasteiger partial charge in [0.25, 0.3) is 5.56 Å². The highest BCUT2D eigenvalue weighted by atomic mass is 32.2. The van der Waals surface area contributed by atoms with Crippen molar-refractivity contribution < 1.29 is 4.79 Å². The van der Waals surface area contributed by atoms with Crippen LogP contribution in [0.2, 0.25) is 0 Å². The van der Waals surface area contributed by atoms with Gasteiger partial charge < -0.3 is 5.32 Å². The Balaban J connectivity index is 1.77. The molecule has 0 fully saturated rings. The van der Waals surface area contributed by atoms with Crippen LogP contribution < -0.4 is 10.9 Å². The molecule has 0 bridgehead atoms. The molecule has 3 aromatic rings. The zero-order valence-corrected chi connectivity index (χ0v) is 18.2. The summed E-state index contributed by atoms with van der Waals surface area (Å²) in [6, 6.07) is 7.79. The van der Waals surface area contributed by atoms with E-state index >= 15 is 0 Å². The number of carbonyl (C=O) groups excluding carboxylic acids is 1. The Morgan fingerprint density at radius 3 is 2.79 bits per heavy atom. The fourth-order valence-corrected chi connectivity index (χ4v) is 4.49. The number of amides is 1. The lowest BCUT2D eigenvalue weighted by Crippen LogP contribution is -2.24. The average Bonchev–Trinajstić information content (AvgIpc) is 3.10. The molecule has 0 aliphatic rings. The number of hydrogen-bond donors (Lipinski definition) is 1. The third-order valence-corrected chi connectivity index (χ3v) is 6.32. The molecule has 0 radical (unpaired) electrons. The fraction of sp³-hybridized carbons (Fsp3) is 0.381. The Labute approximate surface area is 173 Å². The predicted octanol–water partition coefficient (Wildman–Crippen LogP) is 4.85. The number of carbonyl (C=O) groups is 1. The van der Waals surface area contributed by atoms with Gasteiger partial charge in [0.15, 0.2) is 5.16 Å². The highest BCUT2D eigenvalue weighted by molar-refractivity contribution is 7.99. The van der Waals surface area contributed by atoms with Gasteiger partial charge in [0, 0.05) is 12.2 Å². The molecule has 28 heavy (non-hydrogen) atoms. The molecule has 0 spiro atoms. The standard InChI is InChI=1S/C21H25N3O2S2/c1-13(2)7-9-24-20(26)19-17(8-10-27-19)23-21(24)28-12-18(25)22-16-6-5-14(3)11-15(16)4/h5-6,8,10-11,13H,7,9,12H2,1-4H3,(H,22,25). The van der Waals surface area contributed by atoms with E-state index < -0.39 is 0 Å². The predicted molar refractivity (Wildman–Crippen MR) is 119 cm³/mol. The quantitative estimate of drug-likeness (QED) is 0.442. The Kier molecular flexibility index (Phi) is 6.57. The first kappa shape index (κ1) is 20.6. The van der Waals surface area contributed by atoms with Gasteiger partial charge in [-0.15, -0.1) is 11.3 Å². The van der Waals surface area contributed by atoms with Crippen molar-refractivity contribution in [2.24, 2.45) is 5.92 Å². The first-order valence-electron chi connectivity index (χ1n) is 9.33. The van der Waals surface area contributed by atoms with Crippen LogP contribution in [0.4, 0.5) is 5.69 Å². The lowest BCUT2D eigenvalue weighted by atomic mass is 10.1. The van der Waals surface area contributed by atoms with E-state index in [0.717, 1.165) is 23.2 Å². The molecule has 0 aliphatic heterocycles. The van der Waals surface area contributed by atoms with Crippen molar-refractivity contribution in [1.82, 2.24) is 9.55 Å². The van der Waals surface area contributed by atoms with Crippen LogP contribution in [0.5, 0.6) is 0 Å². The maximum atomic E-state index is 12.9. The van der Waals surface area contributed by atoms with Crippen LogP contribution in [0, 0.1) is 19.8 Å². The highest BCUT2D eigenvalue weighted by Gasteiger charge is 2.15. The maximum absolute atomic E-state index is 12.9. The maximum Gasteiger partial charge on any atom is 0.272 e. The van der Waals surface area contributed by atoms with Gasteiger partial charge in [-0.3, -0.25) is 14.2 Å². The van der Waals surface area contributed by atoms with E-state index in [2.05, 4.69) is 24.1 Å². The molecular weight excluding hydrogens is 390 g/mol. The number of fused-ring (bicyclic) bond motifs is 1. The van der Waals surface area contributed by atoms with E-state index in [0.29, 0.717) is 27.8 Å². The molecular formula is C21H25N3O2S2. The van der Waals surface area contributed by atoms with Crippen molar-refractivity contribution in [3.05, 3.63) is 51.1 Å². The summed E-state index contributed by atoms with van der Waals surface area (Å²) in [6.45, 7) is 8.87. The molecule has 7 heteroatoms. The molecule has 0 unspecified atom stereocenters. The van der Waals surface area contributed by atoms with Crippen molar-refractivity contribution in [3.8, 4) is 0 Å². The molecule has 0 saturated carbocycles. The monoisotopic (exact) mass is 415 g/mol. The number of nitrogens with zero attached hydrogens (tertiary/aromatic N) is 2. The Bertz CT molecular complexity index is 1050. The third-order valence-electron chi connectivity index (χ3n) is 4.45. The number of rotatable bonds is 7. The van der Waals surface area contributed by atoms with Crippen LogP contribution in [0.3, 0.4) is 0 Å². The molecule has 0 atom stereocenters. The van der Waals surface area contributed by atoms with Gasteiger partial charge in [-0.25, -0.2) is 4.98 Å². The SMILES string of the molecule is Cc1ccc(NC(=O)CSc2nc3ccsc3c(=O)n2CCC(C)C)c(C)c1. The van der Waals surface area contributed by atoms with E-state index in [1.165, 1.54) is 23.1 Å². The smallest absolute Gasteiger partial charge is 0.272 e. The summed E-state index contributed by atoms with van der Waals surface area (Å²) >= 11 is 2.73. The summed E-state index contributed by atoms with van der Waals surface area (Å²) in [4.78, 5) is 29.9. The van der Waals surface area contributed by atoms with Gasteiger partial charge in [0.05, 0.1) is 11.3 Å². The van der Waals surface area contributed by atoms with Gasteiger partial charge >= 0.3 is 0 Å². The summed E-state index contributed by atoms with van der Waals surface area (Å²) in [5.41, 5.74) is 3.69. The second kappa shape index (κ2) is 8.92. The number of nitrogens with one attached hydrogen (secondary N) is 1. The topological polar surface area (TPSA) is 64.0 Å². The van der Waals surface area contributed by atoms with Crippen LogP contribution in [0.1, 0.15) is 31.4 Å².